The minimum absolute atomic E-state index is 0.0227. The summed E-state index contributed by atoms with van der Waals surface area (Å²) in [5.41, 5.74) is 17.3. The number of carbonyl (C=O) groups is 2. The second-order valence-electron chi connectivity index (χ2n) is 11.3. The van der Waals surface area contributed by atoms with E-state index in [1.165, 1.54) is 11.1 Å². The number of hydrogen-bond donors (Lipinski definition) is 4. The Morgan fingerprint density at radius 3 is 1.62 bits per heavy atom. The van der Waals surface area contributed by atoms with Crippen molar-refractivity contribution in [2.24, 2.45) is 23.3 Å². The summed E-state index contributed by atoms with van der Waals surface area (Å²) in [6.45, 7) is 5.23. The van der Waals surface area contributed by atoms with Crippen molar-refractivity contribution in [3.05, 3.63) is 59.2 Å². The Morgan fingerprint density at radius 2 is 1.23 bits per heavy atom. The van der Waals surface area contributed by atoms with E-state index in [1.807, 2.05) is 12.1 Å². The Hall–Kier alpha value is -3.76. The molecule has 0 spiro atoms. The van der Waals surface area contributed by atoms with Crippen molar-refractivity contribution in [1.82, 2.24) is 19.9 Å². The molecule has 0 radical (unpaired) electrons. The monoisotopic (exact) mass is 544 g/mol. The van der Waals surface area contributed by atoms with Crippen LogP contribution in [0.4, 0.5) is 0 Å². The molecule has 10 nitrogen and oxygen atoms in total. The number of nitrogens with two attached hydrogens (primary N) is 2. The third-order valence-corrected chi connectivity index (χ3v) is 8.81. The lowest BCUT2D eigenvalue weighted by atomic mass is 9.87. The van der Waals surface area contributed by atoms with E-state index in [-0.39, 0.29) is 23.7 Å². The lowest BCUT2D eigenvalue weighted by Gasteiger charge is -2.20. The SMILES string of the molecule is C[C@H](c1nc2ccc(CCc3ccc4nc([C@@H](C)C5CCOC5C(N)=O)[nH]c4c3)cc2[nH]1)C1CCOC1C(N)=O. The number of aromatic amines is 2. The summed E-state index contributed by atoms with van der Waals surface area (Å²) < 4.78 is 11.1. The van der Waals surface area contributed by atoms with Crippen LogP contribution in [0.15, 0.2) is 36.4 Å². The molecule has 210 valence electrons. The van der Waals surface area contributed by atoms with Gasteiger partial charge in [-0.1, -0.05) is 26.0 Å². The zero-order valence-electron chi connectivity index (χ0n) is 22.9. The molecule has 0 bridgehead atoms. The summed E-state index contributed by atoms with van der Waals surface area (Å²) in [7, 11) is 0. The molecule has 2 aromatic heterocycles. The number of ether oxygens (including phenoxy) is 2. The molecule has 6 atom stereocenters. The molecule has 6 rings (SSSR count). The second-order valence-corrected chi connectivity index (χ2v) is 11.3. The van der Waals surface area contributed by atoms with E-state index < -0.39 is 24.0 Å². The molecule has 2 aromatic carbocycles. The molecule has 2 aliphatic rings. The highest BCUT2D eigenvalue weighted by molar-refractivity contribution is 5.80. The number of aromatic nitrogens is 4. The van der Waals surface area contributed by atoms with Crippen molar-refractivity contribution in [3.8, 4) is 0 Å². The molecule has 4 heterocycles. The predicted octanol–water partition coefficient (Wildman–Crippen LogP) is 3.21. The van der Waals surface area contributed by atoms with Gasteiger partial charge in [-0.2, -0.15) is 0 Å². The van der Waals surface area contributed by atoms with Gasteiger partial charge in [0.1, 0.15) is 23.9 Å². The Labute approximate surface area is 232 Å². The van der Waals surface area contributed by atoms with E-state index in [1.54, 1.807) is 0 Å². The van der Waals surface area contributed by atoms with Gasteiger partial charge in [-0.15, -0.1) is 0 Å². The van der Waals surface area contributed by atoms with Crippen molar-refractivity contribution in [2.75, 3.05) is 13.2 Å². The number of nitrogens with zero attached hydrogens (tertiary/aromatic N) is 2. The van der Waals surface area contributed by atoms with Gasteiger partial charge in [0.05, 0.1) is 22.1 Å². The number of benzene rings is 2. The molecular formula is C30H36N6O4. The van der Waals surface area contributed by atoms with Crippen molar-refractivity contribution in [2.45, 2.75) is 63.6 Å². The number of primary amides is 2. The van der Waals surface area contributed by atoms with Gasteiger partial charge in [-0.05, 0) is 61.1 Å². The summed E-state index contributed by atoms with van der Waals surface area (Å²) in [4.78, 5) is 40.1. The van der Waals surface area contributed by atoms with Gasteiger partial charge >= 0.3 is 0 Å². The molecule has 6 N–H and O–H groups in total. The first kappa shape index (κ1) is 26.5. The van der Waals surface area contributed by atoms with Gasteiger partial charge in [0, 0.05) is 36.9 Å². The third-order valence-electron chi connectivity index (χ3n) is 8.81. The van der Waals surface area contributed by atoms with E-state index in [4.69, 9.17) is 30.9 Å². The fourth-order valence-corrected chi connectivity index (χ4v) is 6.41. The Bertz CT molecular complexity index is 1440. The van der Waals surface area contributed by atoms with Gasteiger partial charge in [0.25, 0.3) is 0 Å². The molecule has 0 aliphatic carbocycles. The van der Waals surface area contributed by atoms with Gasteiger partial charge in [0.15, 0.2) is 0 Å². The van der Waals surface area contributed by atoms with Crippen molar-refractivity contribution in [1.29, 1.82) is 0 Å². The summed E-state index contributed by atoms with van der Waals surface area (Å²) in [5, 5.41) is 0. The van der Waals surface area contributed by atoms with Gasteiger partial charge in [-0.3, -0.25) is 9.59 Å². The van der Waals surface area contributed by atoms with Crippen LogP contribution in [-0.4, -0.2) is 57.2 Å². The van der Waals surface area contributed by atoms with Crippen molar-refractivity contribution < 1.29 is 19.1 Å². The van der Waals surface area contributed by atoms with Crippen LogP contribution in [0.5, 0.6) is 0 Å². The molecule has 2 amide bonds. The molecule has 10 heteroatoms. The fraction of sp³-hybridized carbons (Fsp3) is 0.467. The fourth-order valence-electron chi connectivity index (χ4n) is 6.41. The van der Waals surface area contributed by atoms with E-state index in [9.17, 15) is 9.59 Å². The highest BCUT2D eigenvalue weighted by Gasteiger charge is 2.39. The molecule has 2 aliphatic heterocycles. The highest BCUT2D eigenvalue weighted by atomic mass is 16.5. The Morgan fingerprint density at radius 1 is 0.800 bits per heavy atom. The van der Waals surface area contributed by atoms with Gasteiger partial charge in [-0.25, -0.2) is 9.97 Å². The molecule has 2 fully saturated rings. The van der Waals surface area contributed by atoms with Crippen molar-refractivity contribution >= 4 is 33.9 Å². The zero-order valence-corrected chi connectivity index (χ0v) is 22.9. The first-order valence-corrected chi connectivity index (χ1v) is 14.1. The smallest absolute Gasteiger partial charge is 0.246 e. The lowest BCUT2D eigenvalue weighted by molar-refractivity contribution is -0.129. The van der Waals surface area contributed by atoms with Gasteiger partial charge in [0.2, 0.25) is 11.8 Å². The maximum atomic E-state index is 11.8. The number of nitrogens with one attached hydrogen (secondary N) is 2. The number of carbonyl (C=O) groups excluding carboxylic acids is 2. The quantitative estimate of drug-likeness (QED) is 0.253. The minimum Gasteiger partial charge on any atom is -0.368 e. The number of H-pyrrole nitrogens is 2. The maximum absolute atomic E-state index is 11.8. The van der Waals surface area contributed by atoms with Gasteiger partial charge < -0.3 is 30.9 Å². The molecule has 4 aromatic rings. The summed E-state index contributed by atoms with van der Waals surface area (Å²) in [5.74, 6) is 1.01. The largest absolute Gasteiger partial charge is 0.368 e. The van der Waals surface area contributed by atoms with Crippen LogP contribution in [-0.2, 0) is 31.9 Å². The highest BCUT2D eigenvalue weighted by Crippen LogP contribution is 2.36. The number of fused-ring (bicyclic) bond motifs is 2. The van der Waals surface area contributed by atoms with Crippen LogP contribution in [0.3, 0.4) is 0 Å². The molecule has 40 heavy (non-hydrogen) atoms. The van der Waals surface area contributed by atoms with E-state index >= 15 is 0 Å². The normalized spacial score (nSPS) is 24.6. The number of imidazole rings is 2. The predicted molar refractivity (Wildman–Crippen MR) is 151 cm³/mol. The van der Waals surface area contributed by atoms with Crippen LogP contribution in [0.2, 0.25) is 0 Å². The average molecular weight is 545 g/mol. The zero-order chi connectivity index (χ0) is 28.0. The van der Waals surface area contributed by atoms with Crippen LogP contribution >= 0.6 is 0 Å². The Kier molecular flexibility index (Phi) is 7.06. The third kappa shape index (κ3) is 4.97. The summed E-state index contributed by atoms with van der Waals surface area (Å²) in [6, 6.07) is 12.6. The first-order valence-electron chi connectivity index (χ1n) is 14.1. The standard InChI is InChI=1S/C30H36N6O4/c1-15(19-9-11-39-25(19)27(31)37)29-33-21-7-5-17(13-23(21)35-29)3-4-18-6-8-22-24(14-18)36-30(34-22)16(2)20-10-12-40-26(20)28(32)38/h5-8,13-16,19-20,25-26H,3-4,9-12H2,1-2H3,(H2,31,37)(H2,32,38)(H,33,35)(H,34,36)/t15-,16-,19?,20?,25?,26?/m0/s1. The van der Waals surface area contributed by atoms with Crippen LogP contribution < -0.4 is 11.5 Å². The average Bonchev–Trinajstić information content (AvgIpc) is 3.75. The number of amides is 2. The van der Waals surface area contributed by atoms with Crippen LogP contribution in [0, 0.1) is 11.8 Å². The topological polar surface area (TPSA) is 162 Å². The summed E-state index contributed by atoms with van der Waals surface area (Å²) >= 11 is 0. The molecule has 2 saturated heterocycles. The van der Waals surface area contributed by atoms with E-state index in [2.05, 4.69) is 48.1 Å². The maximum Gasteiger partial charge on any atom is 0.246 e. The number of rotatable bonds is 9. The second kappa shape index (κ2) is 10.7. The number of hydrogen-bond acceptors (Lipinski definition) is 6. The number of aryl methyl sites for hydroxylation is 2. The molecule has 0 saturated carbocycles. The van der Waals surface area contributed by atoms with E-state index in [0.717, 1.165) is 59.4 Å². The Balaban J connectivity index is 1.14. The van der Waals surface area contributed by atoms with Crippen LogP contribution in [0.1, 0.15) is 61.3 Å². The van der Waals surface area contributed by atoms with E-state index in [0.29, 0.717) is 13.2 Å². The van der Waals surface area contributed by atoms with Crippen LogP contribution in [0.25, 0.3) is 22.1 Å². The lowest BCUT2D eigenvalue weighted by Crippen LogP contribution is -2.35. The first-order chi connectivity index (χ1) is 19.3. The molecule has 4 unspecified atom stereocenters. The molecular weight excluding hydrogens is 508 g/mol. The van der Waals surface area contributed by atoms with Crippen molar-refractivity contribution in [3.63, 3.8) is 0 Å². The minimum atomic E-state index is -0.561. The summed E-state index contributed by atoms with van der Waals surface area (Å²) in [6.07, 6.45) is 2.22.